The number of aliphatic hydroxyl groups excluding tert-OH is 1. The van der Waals surface area contributed by atoms with Crippen LogP contribution in [0.1, 0.15) is 46.5 Å². The number of hydrogen-bond donors (Lipinski definition) is 1. The minimum absolute atomic E-state index is 0.0504. The topological polar surface area (TPSA) is 41.9 Å². The molecule has 4 nitrogen and oxygen atoms in total. The van der Waals surface area contributed by atoms with Crippen LogP contribution in [0.3, 0.4) is 0 Å². The van der Waals surface area contributed by atoms with Crippen molar-refractivity contribution >= 4 is 0 Å². The number of hydrogen-bond acceptors (Lipinski definition) is 4. The van der Waals surface area contributed by atoms with Crippen molar-refractivity contribution in [2.45, 2.75) is 76.6 Å². The Bertz CT molecular complexity index is 333. The highest BCUT2D eigenvalue weighted by molar-refractivity contribution is 5.06. The highest BCUT2D eigenvalue weighted by atomic mass is 16.8. The van der Waals surface area contributed by atoms with Crippen LogP contribution in [0.4, 0.5) is 0 Å². The van der Waals surface area contributed by atoms with E-state index in [9.17, 15) is 5.11 Å². The summed E-state index contributed by atoms with van der Waals surface area (Å²) in [6.07, 6.45) is 4.60. The maximum absolute atomic E-state index is 10.7. The van der Waals surface area contributed by atoms with E-state index in [0.717, 1.165) is 25.9 Å². The van der Waals surface area contributed by atoms with Crippen LogP contribution in [-0.2, 0) is 9.47 Å². The Kier molecular flexibility index (Phi) is 3.63. The van der Waals surface area contributed by atoms with Gasteiger partial charge < -0.3 is 14.6 Å². The first-order valence-corrected chi connectivity index (χ1v) is 7.79. The number of aliphatic hydroxyl groups is 1. The van der Waals surface area contributed by atoms with Crippen molar-refractivity contribution in [3.8, 4) is 0 Å². The number of nitrogens with zero attached hydrogens (tertiary/aromatic N) is 1. The summed E-state index contributed by atoms with van der Waals surface area (Å²) in [5, 5.41) is 10.7. The molecule has 0 aromatic rings. The van der Waals surface area contributed by atoms with Crippen molar-refractivity contribution in [2.75, 3.05) is 13.1 Å². The SMILES string of the molecule is CCCCC1CCN2CC3OC(C)(C)OC3C2C1O. The van der Waals surface area contributed by atoms with Gasteiger partial charge in [-0.2, -0.15) is 0 Å². The van der Waals surface area contributed by atoms with Crippen LogP contribution in [0.25, 0.3) is 0 Å². The van der Waals surface area contributed by atoms with Gasteiger partial charge in [0, 0.05) is 6.54 Å². The molecule has 1 N–H and O–H groups in total. The van der Waals surface area contributed by atoms with Crippen LogP contribution in [0.15, 0.2) is 0 Å². The van der Waals surface area contributed by atoms with Crippen LogP contribution < -0.4 is 0 Å². The van der Waals surface area contributed by atoms with E-state index in [4.69, 9.17) is 9.47 Å². The van der Waals surface area contributed by atoms with Gasteiger partial charge in [0.15, 0.2) is 5.79 Å². The van der Waals surface area contributed by atoms with E-state index in [2.05, 4.69) is 11.8 Å². The Morgan fingerprint density at radius 2 is 2.11 bits per heavy atom. The molecule has 0 radical (unpaired) electrons. The molecule has 0 saturated carbocycles. The number of rotatable bonds is 3. The summed E-state index contributed by atoms with van der Waals surface area (Å²) >= 11 is 0. The van der Waals surface area contributed by atoms with Gasteiger partial charge in [-0.05, 0) is 39.2 Å². The molecule has 5 atom stereocenters. The van der Waals surface area contributed by atoms with Gasteiger partial charge in [0.05, 0.1) is 12.1 Å². The number of piperidine rings is 1. The van der Waals surface area contributed by atoms with Gasteiger partial charge in [-0.3, -0.25) is 4.90 Å². The third-order valence-corrected chi connectivity index (χ3v) is 4.94. The van der Waals surface area contributed by atoms with Crippen molar-refractivity contribution in [1.82, 2.24) is 4.90 Å². The maximum atomic E-state index is 10.7. The molecule has 0 amide bonds. The smallest absolute Gasteiger partial charge is 0.163 e. The van der Waals surface area contributed by atoms with Gasteiger partial charge in [0.25, 0.3) is 0 Å². The minimum Gasteiger partial charge on any atom is -0.391 e. The Labute approximate surface area is 116 Å². The fraction of sp³-hybridized carbons (Fsp3) is 1.00. The third kappa shape index (κ3) is 2.44. The zero-order chi connectivity index (χ0) is 13.6. The molecule has 0 spiro atoms. The van der Waals surface area contributed by atoms with Crippen molar-refractivity contribution in [3.63, 3.8) is 0 Å². The van der Waals surface area contributed by atoms with E-state index in [1.165, 1.54) is 12.8 Å². The summed E-state index contributed by atoms with van der Waals surface area (Å²) in [4.78, 5) is 2.37. The lowest BCUT2D eigenvalue weighted by atomic mass is 9.83. The first kappa shape index (κ1) is 13.8. The normalized spacial score (nSPS) is 45.2. The standard InChI is InChI=1S/C15H27NO3/c1-4-5-6-10-7-8-16-9-11-14(12(16)13(10)17)19-15(2,3)18-11/h10-14,17H,4-9H2,1-3H3. The predicted octanol–water partition coefficient (Wildman–Crippen LogP) is 1.76. The molecule has 4 heteroatoms. The molecule has 0 aromatic carbocycles. The molecule has 110 valence electrons. The van der Waals surface area contributed by atoms with Gasteiger partial charge in [0.1, 0.15) is 12.2 Å². The summed E-state index contributed by atoms with van der Waals surface area (Å²) in [5.74, 6) is -0.0513. The summed E-state index contributed by atoms with van der Waals surface area (Å²) in [6.45, 7) is 8.15. The van der Waals surface area contributed by atoms with Crippen molar-refractivity contribution in [1.29, 1.82) is 0 Å². The van der Waals surface area contributed by atoms with E-state index in [-0.39, 0.29) is 24.4 Å². The fourth-order valence-corrected chi connectivity index (χ4v) is 4.07. The van der Waals surface area contributed by atoms with Crippen molar-refractivity contribution in [2.24, 2.45) is 5.92 Å². The zero-order valence-corrected chi connectivity index (χ0v) is 12.3. The van der Waals surface area contributed by atoms with Gasteiger partial charge in [-0.15, -0.1) is 0 Å². The fourth-order valence-electron chi connectivity index (χ4n) is 4.07. The third-order valence-electron chi connectivity index (χ3n) is 4.94. The Morgan fingerprint density at radius 3 is 2.84 bits per heavy atom. The van der Waals surface area contributed by atoms with E-state index >= 15 is 0 Å². The summed E-state index contributed by atoms with van der Waals surface area (Å²) in [5.41, 5.74) is 0. The summed E-state index contributed by atoms with van der Waals surface area (Å²) in [7, 11) is 0. The zero-order valence-electron chi connectivity index (χ0n) is 12.3. The molecule has 3 aliphatic heterocycles. The molecule has 3 saturated heterocycles. The quantitative estimate of drug-likeness (QED) is 0.848. The molecule has 3 heterocycles. The van der Waals surface area contributed by atoms with Crippen LogP contribution in [0.5, 0.6) is 0 Å². The Morgan fingerprint density at radius 1 is 1.32 bits per heavy atom. The average molecular weight is 269 g/mol. The summed E-state index contributed by atoms with van der Waals surface area (Å²) in [6, 6.07) is 0.141. The molecule has 5 unspecified atom stereocenters. The molecule has 0 bridgehead atoms. The lowest BCUT2D eigenvalue weighted by molar-refractivity contribution is -0.173. The lowest BCUT2D eigenvalue weighted by Gasteiger charge is -2.41. The molecule has 3 fully saturated rings. The van der Waals surface area contributed by atoms with Crippen molar-refractivity contribution in [3.05, 3.63) is 0 Å². The molecular weight excluding hydrogens is 242 g/mol. The van der Waals surface area contributed by atoms with Gasteiger partial charge in [-0.1, -0.05) is 19.8 Å². The van der Waals surface area contributed by atoms with E-state index < -0.39 is 5.79 Å². The first-order valence-electron chi connectivity index (χ1n) is 7.79. The molecule has 3 rings (SSSR count). The van der Waals surface area contributed by atoms with E-state index in [0.29, 0.717) is 5.92 Å². The van der Waals surface area contributed by atoms with Gasteiger partial charge in [-0.25, -0.2) is 0 Å². The number of fused-ring (bicyclic) bond motifs is 3. The highest BCUT2D eigenvalue weighted by Crippen LogP contribution is 2.42. The summed E-state index contributed by atoms with van der Waals surface area (Å²) < 4.78 is 12.0. The molecule has 0 aliphatic carbocycles. The first-order chi connectivity index (χ1) is 9.02. The van der Waals surface area contributed by atoms with Crippen molar-refractivity contribution < 1.29 is 14.6 Å². The maximum Gasteiger partial charge on any atom is 0.163 e. The largest absolute Gasteiger partial charge is 0.391 e. The molecule has 3 aliphatic rings. The molecular formula is C15H27NO3. The second-order valence-corrected chi connectivity index (χ2v) is 6.81. The Balaban J connectivity index is 1.70. The average Bonchev–Trinajstić information content (AvgIpc) is 2.80. The van der Waals surface area contributed by atoms with Crippen LogP contribution in [0.2, 0.25) is 0 Å². The highest BCUT2D eigenvalue weighted by Gasteiger charge is 2.56. The number of ether oxygens (including phenoxy) is 2. The van der Waals surface area contributed by atoms with Crippen LogP contribution >= 0.6 is 0 Å². The van der Waals surface area contributed by atoms with Gasteiger partial charge in [0.2, 0.25) is 0 Å². The monoisotopic (exact) mass is 269 g/mol. The van der Waals surface area contributed by atoms with Crippen LogP contribution in [0, 0.1) is 5.92 Å². The Hall–Kier alpha value is -0.160. The second kappa shape index (κ2) is 4.99. The predicted molar refractivity (Wildman–Crippen MR) is 72.8 cm³/mol. The van der Waals surface area contributed by atoms with Gasteiger partial charge >= 0.3 is 0 Å². The molecule has 0 aromatic heterocycles. The van der Waals surface area contributed by atoms with Crippen LogP contribution in [-0.4, -0.2) is 53.2 Å². The molecule has 19 heavy (non-hydrogen) atoms. The lowest BCUT2D eigenvalue weighted by Crippen LogP contribution is -2.53. The van der Waals surface area contributed by atoms with E-state index in [1.807, 2.05) is 13.8 Å². The second-order valence-electron chi connectivity index (χ2n) is 6.81. The minimum atomic E-state index is -0.489. The van der Waals surface area contributed by atoms with E-state index in [1.54, 1.807) is 0 Å². The number of unbranched alkanes of at least 4 members (excludes halogenated alkanes) is 1.